The number of pyridine rings is 1. The molecule has 2 N–H and O–H groups in total. The van der Waals surface area contributed by atoms with Crippen molar-refractivity contribution in [3.05, 3.63) is 23.6 Å². The Labute approximate surface area is 91.3 Å². The fourth-order valence-electron chi connectivity index (χ4n) is 1.22. The maximum Gasteiger partial charge on any atom is 0.251 e. The summed E-state index contributed by atoms with van der Waals surface area (Å²) < 4.78 is 38.3. The Balaban J connectivity index is 2.63. The van der Waals surface area contributed by atoms with Crippen LogP contribution in [0.2, 0.25) is 0 Å². The van der Waals surface area contributed by atoms with Gasteiger partial charge >= 0.3 is 0 Å². The van der Waals surface area contributed by atoms with Gasteiger partial charge in [-0.15, -0.1) is 0 Å². The summed E-state index contributed by atoms with van der Waals surface area (Å²) in [6, 6.07) is 0.414. The Morgan fingerprint density at radius 3 is 2.69 bits per heavy atom. The zero-order chi connectivity index (χ0) is 12.1. The van der Waals surface area contributed by atoms with Crippen LogP contribution in [0.25, 0.3) is 0 Å². The van der Waals surface area contributed by atoms with Gasteiger partial charge in [-0.25, -0.2) is 8.78 Å². The number of hydrogen-bond acceptors (Lipinski definition) is 3. The number of aromatic nitrogens is 1. The number of rotatable bonds is 5. The van der Waals surface area contributed by atoms with E-state index in [1.165, 1.54) is 0 Å². The van der Waals surface area contributed by atoms with Gasteiger partial charge in [-0.05, 0) is 6.42 Å². The van der Waals surface area contributed by atoms with E-state index in [-0.39, 0.29) is 6.54 Å². The normalized spacial score (nSPS) is 12.6. The monoisotopic (exact) mass is 234 g/mol. The minimum absolute atomic E-state index is 0.0445. The first-order valence-corrected chi connectivity index (χ1v) is 4.98. The van der Waals surface area contributed by atoms with Crippen molar-refractivity contribution in [3.8, 4) is 0 Å². The van der Waals surface area contributed by atoms with Crippen molar-refractivity contribution in [2.45, 2.75) is 25.9 Å². The molecule has 1 unspecified atom stereocenters. The average molecular weight is 234 g/mol. The van der Waals surface area contributed by atoms with Crippen LogP contribution >= 0.6 is 0 Å². The second kappa shape index (κ2) is 5.69. The van der Waals surface area contributed by atoms with Gasteiger partial charge in [0, 0.05) is 12.6 Å². The van der Waals surface area contributed by atoms with Crippen molar-refractivity contribution in [2.75, 3.05) is 11.9 Å². The van der Waals surface area contributed by atoms with Gasteiger partial charge in [0.15, 0.2) is 17.5 Å². The molecule has 0 aliphatic rings. The minimum atomic E-state index is -1.37. The quantitative estimate of drug-likeness (QED) is 0.766. The standard InChI is InChI=1S/C10H13F3N2O/c1-2-3-6(16)5-14-10-8(12)4-7(11)9(13)15-10/h4,6,16H,2-3,5H2,1H3,(H,14,15). The van der Waals surface area contributed by atoms with Crippen LogP contribution in [-0.2, 0) is 0 Å². The number of hydrogen-bond donors (Lipinski definition) is 2. The van der Waals surface area contributed by atoms with Crippen LogP contribution in [0, 0.1) is 17.6 Å². The molecule has 0 aromatic carbocycles. The van der Waals surface area contributed by atoms with E-state index in [1.807, 2.05) is 6.92 Å². The third-order valence-electron chi connectivity index (χ3n) is 2.01. The Morgan fingerprint density at radius 1 is 1.38 bits per heavy atom. The van der Waals surface area contributed by atoms with E-state index in [9.17, 15) is 18.3 Å². The van der Waals surface area contributed by atoms with Crippen molar-refractivity contribution in [3.63, 3.8) is 0 Å². The molecule has 1 atom stereocenters. The number of nitrogens with zero attached hydrogens (tertiary/aromatic N) is 1. The summed E-state index contributed by atoms with van der Waals surface area (Å²) in [7, 11) is 0. The zero-order valence-corrected chi connectivity index (χ0v) is 8.80. The van der Waals surface area contributed by atoms with E-state index in [4.69, 9.17) is 0 Å². The molecule has 0 spiro atoms. The summed E-state index contributed by atoms with van der Waals surface area (Å²) in [5.41, 5.74) is 0. The molecule has 0 amide bonds. The summed E-state index contributed by atoms with van der Waals surface area (Å²) >= 11 is 0. The molecular weight excluding hydrogens is 221 g/mol. The predicted octanol–water partition coefficient (Wildman–Crippen LogP) is 2.07. The maximum absolute atomic E-state index is 13.1. The number of aliphatic hydroxyl groups is 1. The number of aliphatic hydroxyl groups excluding tert-OH is 1. The van der Waals surface area contributed by atoms with Gasteiger partial charge in [0.05, 0.1) is 6.10 Å². The van der Waals surface area contributed by atoms with Crippen LogP contribution in [0.3, 0.4) is 0 Å². The number of halogens is 3. The Hall–Kier alpha value is -1.30. The summed E-state index contributed by atoms with van der Waals surface area (Å²) in [5.74, 6) is -4.08. The highest BCUT2D eigenvalue weighted by Gasteiger charge is 2.12. The minimum Gasteiger partial charge on any atom is -0.391 e. The summed E-state index contributed by atoms with van der Waals surface area (Å²) in [5, 5.41) is 11.8. The highest BCUT2D eigenvalue weighted by atomic mass is 19.2. The lowest BCUT2D eigenvalue weighted by molar-refractivity contribution is 0.176. The summed E-state index contributed by atoms with van der Waals surface area (Å²) in [6.07, 6.45) is 0.647. The Morgan fingerprint density at radius 2 is 2.06 bits per heavy atom. The van der Waals surface area contributed by atoms with Crippen LogP contribution in [-0.4, -0.2) is 22.7 Å². The average Bonchev–Trinajstić information content (AvgIpc) is 2.22. The molecule has 0 fully saturated rings. The number of nitrogens with one attached hydrogen (secondary N) is 1. The van der Waals surface area contributed by atoms with Crippen LogP contribution in [0.15, 0.2) is 6.07 Å². The molecule has 0 saturated heterocycles. The molecule has 3 nitrogen and oxygen atoms in total. The molecule has 1 aromatic rings. The molecule has 0 radical (unpaired) electrons. The Bertz CT molecular complexity index is 360. The highest BCUT2D eigenvalue weighted by Crippen LogP contribution is 2.14. The second-order valence-corrected chi connectivity index (χ2v) is 3.41. The first-order valence-electron chi connectivity index (χ1n) is 4.98. The van der Waals surface area contributed by atoms with Crippen molar-refractivity contribution in [2.24, 2.45) is 0 Å². The van der Waals surface area contributed by atoms with Gasteiger partial charge in [-0.2, -0.15) is 9.37 Å². The third kappa shape index (κ3) is 3.37. The smallest absolute Gasteiger partial charge is 0.251 e. The topological polar surface area (TPSA) is 45.1 Å². The SMILES string of the molecule is CCCC(O)CNc1nc(F)c(F)cc1F. The van der Waals surface area contributed by atoms with E-state index < -0.39 is 29.5 Å². The van der Waals surface area contributed by atoms with E-state index in [0.717, 1.165) is 6.42 Å². The molecule has 90 valence electrons. The summed E-state index contributed by atoms with van der Waals surface area (Å²) in [6.45, 7) is 1.93. The van der Waals surface area contributed by atoms with Crippen molar-refractivity contribution in [1.29, 1.82) is 0 Å². The van der Waals surface area contributed by atoms with Gasteiger partial charge in [-0.3, -0.25) is 0 Å². The second-order valence-electron chi connectivity index (χ2n) is 3.41. The van der Waals surface area contributed by atoms with Crippen molar-refractivity contribution in [1.82, 2.24) is 4.98 Å². The highest BCUT2D eigenvalue weighted by molar-refractivity contribution is 5.36. The van der Waals surface area contributed by atoms with Crippen molar-refractivity contribution < 1.29 is 18.3 Å². The number of anilines is 1. The fourth-order valence-corrected chi connectivity index (χ4v) is 1.22. The zero-order valence-electron chi connectivity index (χ0n) is 8.80. The molecule has 0 bridgehead atoms. The molecule has 1 aromatic heterocycles. The molecule has 16 heavy (non-hydrogen) atoms. The maximum atomic E-state index is 13.1. The van der Waals surface area contributed by atoms with E-state index >= 15 is 0 Å². The van der Waals surface area contributed by atoms with E-state index in [1.54, 1.807) is 0 Å². The fraction of sp³-hybridized carbons (Fsp3) is 0.500. The van der Waals surface area contributed by atoms with Gasteiger partial charge < -0.3 is 10.4 Å². The molecular formula is C10H13F3N2O. The Kier molecular flexibility index (Phi) is 4.54. The largest absolute Gasteiger partial charge is 0.391 e. The molecule has 1 heterocycles. The third-order valence-corrected chi connectivity index (χ3v) is 2.01. The molecule has 0 aliphatic heterocycles. The lowest BCUT2D eigenvalue weighted by atomic mass is 10.2. The summed E-state index contributed by atoms with van der Waals surface area (Å²) in [4.78, 5) is 3.07. The molecule has 6 heteroatoms. The molecule has 0 saturated carbocycles. The predicted molar refractivity (Wildman–Crippen MR) is 53.5 cm³/mol. The van der Waals surface area contributed by atoms with Crippen LogP contribution in [0.1, 0.15) is 19.8 Å². The first-order chi connectivity index (χ1) is 7.54. The van der Waals surface area contributed by atoms with E-state index in [2.05, 4.69) is 10.3 Å². The van der Waals surface area contributed by atoms with Crippen LogP contribution in [0.4, 0.5) is 19.0 Å². The lowest BCUT2D eigenvalue weighted by Gasteiger charge is -2.11. The molecule has 0 aliphatic carbocycles. The van der Waals surface area contributed by atoms with E-state index in [0.29, 0.717) is 12.5 Å². The first kappa shape index (κ1) is 12.8. The van der Waals surface area contributed by atoms with Crippen LogP contribution in [0.5, 0.6) is 0 Å². The van der Waals surface area contributed by atoms with Gasteiger partial charge in [0.1, 0.15) is 0 Å². The van der Waals surface area contributed by atoms with Crippen molar-refractivity contribution >= 4 is 5.82 Å². The van der Waals surface area contributed by atoms with Crippen LogP contribution < -0.4 is 5.32 Å². The molecule has 1 rings (SSSR count). The van der Waals surface area contributed by atoms with Gasteiger partial charge in [-0.1, -0.05) is 13.3 Å². The van der Waals surface area contributed by atoms with Gasteiger partial charge in [0.2, 0.25) is 0 Å². The van der Waals surface area contributed by atoms with Gasteiger partial charge in [0.25, 0.3) is 5.95 Å². The lowest BCUT2D eigenvalue weighted by Crippen LogP contribution is -2.20.